The third-order valence-electron chi connectivity index (χ3n) is 2.30. The van der Waals surface area contributed by atoms with Gasteiger partial charge in [-0.3, -0.25) is 5.84 Å². The zero-order chi connectivity index (χ0) is 11.5. The first-order valence-electron chi connectivity index (χ1n) is 4.72. The van der Waals surface area contributed by atoms with Gasteiger partial charge in [-0.1, -0.05) is 17.7 Å². The van der Waals surface area contributed by atoms with Gasteiger partial charge in [0, 0.05) is 5.56 Å². The quantitative estimate of drug-likeness (QED) is 0.629. The summed E-state index contributed by atoms with van der Waals surface area (Å²) in [6.45, 7) is 1.90. The van der Waals surface area contributed by atoms with Gasteiger partial charge < -0.3 is 0 Å². The average molecular weight is 238 g/mol. The summed E-state index contributed by atoms with van der Waals surface area (Å²) in [5, 5.41) is 0. The van der Waals surface area contributed by atoms with Crippen LogP contribution in [0.3, 0.4) is 0 Å². The highest BCUT2D eigenvalue weighted by molar-refractivity contribution is 6.99. The van der Waals surface area contributed by atoms with Gasteiger partial charge >= 0.3 is 0 Å². The molecule has 0 radical (unpaired) electrons. The Hall–Kier alpha value is -1.37. The van der Waals surface area contributed by atoms with E-state index >= 15 is 0 Å². The average Bonchev–Trinajstić information content (AvgIpc) is 2.78. The molecule has 1 aromatic carbocycles. The predicted molar refractivity (Wildman–Crippen MR) is 60.2 cm³/mol. The highest BCUT2D eigenvalue weighted by atomic mass is 32.1. The molecule has 0 spiro atoms. The predicted octanol–water partition coefficient (Wildman–Crippen LogP) is 1.54. The van der Waals surface area contributed by atoms with Gasteiger partial charge in [-0.25, -0.2) is 9.82 Å². The van der Waals surface area contributed by atoms with Crippen molar-refractivity contribution < 1.29 is 4.39 Å². The summed E-state index contributed by atoms with van der Waals surface area (Å²) in [6, 6.07) is 4.43. The van der Waals surface area contributed by atoms with E-state index in [4.69, 9.17) is 5.84 Å². The lowest BCUT2D eigenvalue weighted by Gasteiger charge is -2.14. The molecule has 0 fully saturated rings. The van der Waals surface area contributed by atoms with E-state index in [1.165, 1.54) is 6.07 Å². The minimum Gasteiger partial charge on any atom is -0.271 e. The number of aryl methyl sites for hydroxylation is 1. The summed E-state index contributed by atoms with van der Waals surface area (Å²) in [5.41, 5.74) is 4.63. The Bertz CT molecular complexity index is 472. The van der Waals surface area contributed by atoms with Crippen LogP contribution in [0.15, 0.2) is 24.4 Å². The topological polar surface area (TPSA) is 63.8 Å². The number of nitrogens with one attached hydrogen (secondary N) is 1. The third kappa shape index (κ3) is 2.08. The van der Waals surface area contributed by atoms with Gasteiger partial charge in [0.05, 0.1) is 29.7 Å². The minimum atomic E-state index is -0.460. The van der Waals surface area contributed by atoms with Crippen molar-refractivity contribution in [2.45, 2.75) is 13.0 Å². The molecule has 1 unspecified atom stereocenters. The molecular formula is C10H11FN4S. The minimum absolute atomic E-state index is 0.304. The van der Waals surface area contributed by atoms with Crippen LogP contribution in [0, 0.1) is 12.7 Å². The molecule has 16 heavy (non-hydrogen) atoms. The van der Waals surface area contributed by atoms with Crippen molar-refractivity contribution in [2.75, 3.05) is 0 Å². The highest BCUT2D eigenvalue weighted by Crippen LogP contribution is 2.23. The van der Waals surface area contributed by atoms with Gasteiger partial charge in [-0.15, -0.1) is 0 Å². The summed E-state index contributed by atoms with van der Waals surface area (Å²) in [4.78, 5) is 0. The van der Waals surface area contributed by atoms with E-state index < -0.39 is 6.04 Å². The largest absolute Gasteiger partial charge is 0.271 e. The Morgan fingerprint density at radius 2 is 2.31 bits per heavy atom. The molecule has 2 rings (SSSR count). The molecule has 3 N–H and O–H groups in total. The van der Waals surface area contributed by atoms with E-state index in [9.17, 15) is 4.39 Å². The molecule has 0 saturated carbocycles. The molecule has 0 aliphatic carbocycles. The first-order chi connectivity index (χ1) is 7.72. The number of hydrazine groups is 1. The van der Waals surface area contributed by atoms with Gasteiger partial charge in [0.2, 0.25) is 0 Å². The summed E-state index contributed by atoms with van der Waals surface area (Å²) >= 11 is 1.07. The second-order valence-corrected chi connectivity index (χ2v) is 4.01. The van der Waals surface area contributed by atoms with Gasteiger partial charge in [0.15, 0.2) is 0 Å². The standard InChI is InChI=1S/C10H11FN4S/c1-6-2-3-8(11)7(4-6)10(14-12)9-5-13-16-15-9/h2-5,10,14H,12H2,1H3. The number of aromatic nitrogens is 2. The van der Waals surface area contributed by atoms with Gasteiger partial charge in [0.1, 0.15) is 5.82 Å². The molecule has 0 bridgehead atoms. The SMILES string of the molecule is Cc1ccc(F)c(C(NN)c2cnsn2)c1. The third-order valence-corrected chi connectivity index (χ3v) is 2.80. The van der Waals surface area contributed by atoms with E-state index in [1.807, 2.05) is 6.92 Å². The highest BCUT2D eigenvalue weighted by Gasteiger charge is 2.18. The van der Waals surface area contributed by atoms with E-state index in [-0.39, 0.29) is 5.82 Å². The van der Waals surface area contributed by atoms with Crippen molar-refractivity contribution in [2.24, 2.45) is 5.84 Å². The molecule has 6 heteroatoms. The summed E-state index contributed by atoms with van der Waals surface area (Å²) < 4.78 is 21.6. The molecule has 84 valence electrons. The summed E-state index contributed by atoms with van der Waals surface area (Å²) in [6.07, 6.45) is 1.58. The van der Waals surface area contributed by atoms with Crippen molar-refractivity contribution in [3.05, 3.63) is 47.0 Å². The maximum absolute atomic E-state index is 13.7. The van der Waals surface area contributed by atoms with Crippen LogP contribution in [-0.4, -0.2) is 8.75 Å². The van der Waals surface area contributed by atoms with E-state index in [0.29, 0.717) is 11.3 Å². The Kier molecular flexibility index (Phi) is 3.23. The molecule has 0 aliphatic heterocycles. The maximum atomic E-state index is 13.7. The van der Waals surface area contributed by atoms with Crippen LogP contribution in [0.5, 0.6) is 0 Å². The lowest BCUT2D eigenvalue weighted by atomic mass is 10.0. The van der Waals surface area contributed by atoms with Crippen LogP contribution < -0.4 is 11.3 Å². The van der Waals surface area contributed by atoms with Gasteiger partial charge in [0.25, 0.3) is 0 Å². The van der Waals surface area contributed by atoms with Crippen LogP contribution >= 0.6 is 11.7 Å². The van der Waals surface area contributed by atoms with Crippen LogP contribution in [0.1, 0.15) is 22.9 Å². The number of nitrogens with zero attached hydrogens (tertiary/aromatic N) is 2. The van der Waals surface area contributed by atoms with Crippen molar-refractivity contribution in [3.63, 3.8) is 0 Å². The Morgan fingerprint density at radius 3 is 2.94 bits per heavy atom. The summed E-state index contributed by atoms with van der Waals surface area (Å²) in [7, 11) is 0. The number of rotatable bonds is 3. The fourth-order valence-electron chi connectivity index (χ4n) is 1.52. The number of hydrogen-bond acceptors (Lipinski definition) is 5. The zero-order valence-electron chi connectivity index (χ0n) is 8.64. The fourth-order valence-corrected chi connectivity index (χ4v) is 1.97. The molecule has 0 saturated heterocycles. The number of halogens is 1. The van der Waals surface area contributed by atoms with Crippen LogP contribution in [0.2, 0.25) is 0 Å². The van der Waals surface area contributed by atoms with Crippen LogP contribution in [-0.2, 0) is 0 Å². The van der Waals surface area contributed by atoms with Crippen molar-refractivity contribution in [1.82, 2.24) is 14.2 Å². The number of nitrogens with two attached hydrogens (primary N) is 1. The summed E-state index contributed by atoms with van der Waals surface area (Å²) in [5.74, 6) is 5.13. The van der Waals surface area contributed by atoms with Crippen molar-refractivity contribution in [3.8, 4) is 0 Å². The Morgan fingerprint density at radius 1 is 1.50 bits per heavy atom. The zero-order valence-corrected chi connectivity index (χ0v) is 9.46. The lowest BCUT2D eigenvalue weighted by molar-refractivity contribution is 0.554. The number of hydrogen-bond donors (Lipinski definition) is 2. The van der Waals surface area contributed by atoms with Crippen LogP contribution in [0.25, 0.3) is 0 Å². The second kappa shape index (κ2) is 4.65. The first-order valence-corrected chi connectivity index (χ1v) is 5.45. The Balaban J connectivity index is 2.44. The maximum Gasteiger partial charge on any atom is 0.128 e. The second-order valence-electron chi connectivity index (χ2n) is 3.46. The molecule has 1 heterocycles. The molecule has 0 amide bonds. The van der Waals surface area contributed by atoms with Gasteiger partial charge in [-0.2, -0.15) is 8.75 Å². The molecule has 0 aliphatic rings. The molecule has 4 nitrogen and oxygen atoms in total. The van der Waals surface area contributed by atoms with E-state index in [0.717, 1.165) is 17.3 Å². The van der Waals surface area contributed by atoms with Crippen molar-refractivity contribution >= 4 is 11.7 Å². The molecular weight excluding hydrogens is 227 g/mol. The monoisotopic (exact) mass is 238 g/mol. The first kappa shape index (κ1) is 11.1. The number of benzene rings is 1. The molecule has 1 aromatic heterocycles. The lowest BCUT2D eigenvalue weighted by Crippen LogP contribution is -2.29. The van der Waals surface area contributed by atoms with Gasteiger partial charge in [-0.05, 0) is 13.0 Å². The normalized spacial score (nSPS) is 12.7. The fraction of sp³-hybridized carbons (Fsp3) is 0.200. The Labute approximate surface area is 96.6 Å². The van der Waals surface area contributed by atoms with E-state index in [2.05, 4.69) is 14.2 Å². The smallest absolute Gasteiger partial charge is 0.128 e. The molecule has 1 atom stereocenters. The van der Waals surface area contributed by atoms with Crippen molar-refractivity contribution in [1.29, 1.82) is 0 Å². The van der Waals surface area contributed by atoms with Crippen LogP contribution in [0.4, 0.5) is 4.39 Å². The van der Waals surface area contributed by atoms with E-state index in [1.54, 1.807) is 18.3 Å². The molecule has 2 aromatic rings.